The van der Waals surface area contributed by atoms with Gasteiger partial charge in [0.15, 0.2) is 5.01 Å². The first-order valence-corrected chi connectivity index (χ1v) is 4.17. The third-order valence-electron chi connectivity index (χ3n) is 1.43. The Morgan fingerprint density at radius 1 is 1.31 bits per heavy atom. The van der Waals surface area contributed by atoms with Crippen LogP contribution in [0.3, 0.4) is 0 Å². The monoisotopic (exact) mass is 204 g/mol. The smallest absolute Gasteiger partial charge is 0.263 e. The molecule has 0 aliphatic carbocycles. The van der Waals surface area contributed by atoms with Crippen molar-refractivity contribution in [1.29, 1.82) is 0 Å². The van der Waals surface area contributed by atoms with Crippen LogP contribution in [0.2, 0.25) is 0 Å². The van der Waals surface area contributed by atoms with Crippen molar-refractivity contribution in [2.24, 2.45) is 0 Å². The fraction of sp³-hybridized carbons (Fsp3) is 0.143. The van der Waals surface area contributed by atoms with Crippen molar-refractivity contribution in [3.05, 3.63) is 23.5 Å². The summed E-state index contributed by atoms with van der Waals surface area (Å²) in [4.78, 5) is 7.15. The highest BCUT2D eigenvalue weighted by Gasteiger charge is 2.34. The lowest BCUT2D eigenvalue weighted by Gasteiger charge is -1.98. The lowest BCUT2D eigenvalue weighted by Crippen LogP contribution is -2.03. The molecule has 2 heterocycles. The quantitative estimate of drug-likeness (QED) is 0.659. The Hall–Kier alpha value is -1.17. The van der Waals surface area contributed by atoms with Crippen molar-refractivity contribution in [3.63, 3.8) is 0 Å². The van der Waals surface area contributed by atoms with E-state index in [-0.39, 0.29) is 0 Å². The van der Waals surface area contributed by atoms with Gasteiger partial charge in [0.2, 0.25) is 0 Å². The van der Waals surface area contributed by atoms with Crippen LogP contribution < -0.4 is 0 Å². The zero-order chi connectivity index (χ0) is 9.47. The summed E-state index contributed by atoms with van der Waals surface area (Å²) >= 11 is 0.606. The minimum atomic E-state index is -4.36. The Balaban J connectivity index is 2.63. The van der Waals surface area contributed by atoms with E-state index in [1.165, 1.54) is 18.5 Å². The third kappa shape index (κ3) is 1.49. The minimum Gasteiger partial charge on any atom is -0.263 e. The molecule has 0 bridgehead atoms. The average Bonchev–Trinajstić information content (AvgIpc) is 2.45. The molecule has 0 saturated heterocycles. The highest BCUT2D eigenvalue weighted by molar-refractivity contribution is 7.18. The second kappa shape index (κ2) is 2.66. The van der Waals surface area contributed by atoms with Crippen LogP contribution in [0.5, 0.6) is 0 Å². The number of alkyl halides is 3. The van der Waals surface area contributed by atoms with Crippen LogP contribution in [-0.4, -0.2) is 9.97 Å². The van der Waals surface area contributed by atoms with Gasteiger partial charge in [-0.3, -0.25) is 4.98 Å². The third-order valence-corrected chi connectivity index (χ3v) is 2.48. The molecule has 0 spiro atoms. The van der Waals surface area contributed by atoms with Crippen molar-refractivity contribution in [2.75, 3.05) is 0 Å². The van der Waals surface area contributed by atoms with Crippen LogP contribution in [-0.2, 0) is 6.18 Å². The van der Waals surface area contributed by atoms with Gasteiger partial charge in [0.25, 0.3) is 0 Å². The maximum atomic E-state index is 12.2. The SMILES string of the molecule is FC(F)(F)c1nc2ccncc2s1. The Morgan fingerprint density at radius 2 is 2.08 bits per heavy atom. The van der Waals surface area contributed by atoms with E-state index in [9.17, 15) is 13.2 Å². The largest absolute Gasteiger partial charge is 0.443 e. The second-order valence-corrected chi connectivity index (χ2v) is 3.39. The number of hydrogen-bond donors (Lipinski definition) is 0. The predicted molar refractivity (Wildman–Crippen MR) is 42.4 cm³/mol. The molecule has 0 radical (unpaired) electrons. The van der Waals surface area contributed by atoms with E-state index in [0.717, 1.165) is 0 Å². The predicted octanol–water partition coefficient (Wildman–Crippen LogP) is 2.71. The number of aromatic nitrogens is 2. The molecule has 0 amide bonds. The van der Waals surface area contributed by atoms with E-state index in [1.54, 1.807) is 0 Å². The summed E-state index contributed by atoms with van der Waals surface area (Å²) in [5.74, 6) is 0. The molecule has 2 aromatic rings. The first-order chi connectivity index (χ1) is 6.07. The molecule has 0 aromatic carbocycles. The number of halogens is 3. The van der Waals surface area contributed by atoms with E-state index in [4.69, 9.17) is 0 Å². The van der Waals surface area contributed by atoms with Crippen LogP contribution in [0.25, 0.3) is 10.2 Å². The zero-order valence-electron chi connectivity index (χ0n) is 6.17. The summed E-state index contributed by atoms with van der Waals surface area (Å²) in [5, 5.41) is -0.824. The summed E-state index contributed by atoms with van der Waals surface area (Å²) in [6.45, 7) is 0. The van der Waals surface area contributed by atoms with Gasteiger partial charge in [-0.2, -0.15) is 13.2 Å². The number of pyridine rings is 1. The molecule has 0 N–H and O–H groups in total. The summed E-state index contributed by atoms with van der Waals surface area (Å²) in [5.41, 5.74) is 0.340. The Bertz CT molecular complexity index is 401. The van der Waals surface area contributed by atoms with E-state index >= 15 is 0 Å². The normalized spacial score (nSPS) is 12.2. The van der Waals surface area contributed by atoms with E-state index in [2.05, 4.69) is 9.97 Å². The van der Waals surface area contributed by atoms with Crippen LogP contribution >= 0.6 is 11.3 Å². The minimum absolute atomic E-state index is 0.340. The van der Waals surface area contributed by atoms with Crippen molar-refractivity contribution in [2.45, 2.75) is 6.18 Å². The molecule has 0 aliphatic rings. The van der Waals surface area contributed by atoms with Gasteiger partial charge in [0.05, 0.1) is 10.2 Å². The molecule has 0 aliphatic heterocycles. The maximum Gasteiger partial charge on any atom is 0.443 e. The molecule has 2 nitrogen and oxygen atoms in total. The Kier molecular flexibility index (Phi) is 1.73. The average molecular weight is 204 g/mol. The topological polar surface area (TPSA) is 25.8 Å². The number of hydrogen-bond acceptors (Lipinski definition) is 3. The summed E-state index contributed by atoms with van der Waals surface area (Å²) in [7, 11) is 0. The van der Waals surface area contributed by atoms with Crippen molar-refractivity contribution >= 4 is 21.6 Å². The van der Waals surface area contributed by atoms with Gasteiger partial charge in [-0.15, -0.1) is 11.3 Å². The van der Waals surface area contributed by atoms with Gasteiger partial charge in [-0.25, -0.2) is 4.98 Å². The Labute approximate surface area is 75.1 Å². The second-order valence-electron chi connectivity index (χ2n) is 2.36. The number of rotatable bonds is 0. The molecule has 0 saturated carbocycles. The fourth-order valence-corrected chi connectivity index (χ4v) is 1.70. The van der Waals surface area contributed by atoms with E-state index in [1.807, 2.05) is 0 Å². The highest BCUT2D eigenvalue weighted by Crippen LogP contribution is 2.34. The molecule has 2 aromatic heterocycles. The highest BCUT2D eigenvalue weighted by atomic mass is 32.1. The summed E-state index contributed by atoms with van der Waals surface area (Å²) < 4.78 is 36.9. The molecule has 68 valence electrons. The van der Waals surface area contributed by atoms with Gasteiger partial charge in [0, 0.05) is 12.4 Å². The molecule has 13 heavy (non-hydrogen) atoms. The summed E-state index contributed by atoms with van der Waals surface area (Å²) in [6, 6.07) is 1.46. The van der Waals surface area contributed by atoms with Gasteiger partial charge in [0.1, 0.15) is 0 Å². The van der Waals surface area contributed by atoms with Gasteiger partial charge >= 0.3 is 6.18 Å². The van der Waals surface area contributed by atoms with Crippen LogP contribution in [0, 0.1) is 0 Å². The number of fused-ring (bicyclic) bond motifs is 1. The molecular weight excluding hydrogens is 201 g/mol. The first kappa shape index (κ1) is 8.43. The molecule has 0 unspecified atom stereocenters. The molecule has 6 heteroatoms. The zero-order valence-corrected chi connectivity index (χ0v) is 6.99. The fourth-order valence-electron chi connectivity index (χ4n) is 0.901. The number of nitrogens with zero attached hydrogens (tertiary/aromatic N) is 2. The molecule has 0 atom stereocenters. The lowest BCUT2D eigenvalue weighted by molar-refractivity contribution is -0.137. The molecule has 2 rings (SSSR count). The van der Waals surface area contributed by atoms with E-state index in [0.29, 0.717) is 21.6 Å². The standard InChI is InChI=1S/C7H3F3N2S/c8-7(9,10)6-12-4-1-2-11-3-5(4)13-6/h1-3H. The van der Waals surface area contributed by atoms with Gasteiger partial charge in [-0.1, -0.05) is 0 Å². The first-order valence-electron chi connectivity index (χ1n) is 3.35. The maximum absolute atomic E-state index is 12.2. The van der Waals surface area contributed by atoms with Crippen molar-refractivity contribution in [3.8, 4) is 0 Å². The lowest BCUT2D eigenvalue weighted by atomic mass is 10.4. The van der Waals surface area contributed by atoms with Crippen LogP contribution in [0.15, 0.2) is 18.5 Å². The van der Waals surface area contributed by atoms with Crippen molar-refractivity contribution < 1.29 is 13.2 Å². The van der Waals surface area contributed by atoms with Crippen molar-refractivity contribution in [1.82, 2.24) is 9.97 Å². The van der Waals surface area contributed by atoms with E-state index < -0.39 is 11.2 Å². The van der Waals surface area contributed by atoms with Gasteiger partial charge < -0.3 is 0 Å². The van der Waals surface area contributed by atoms with Gasteiger partial charge in [-0.05, 0) is 6.07 Å². The number of thiazole rings is 1. The molecular formula is C7H3F3N2S. The van der Waals surface area contributed by atoms with Crippen LogP contribution in [0.4, 0.5) is 13.2 Å². The Morgan fingerprint density at radius 3 is 2.69 bits per heavy atom. The summed E-state index contributed by atoms with van der Waals surface area (Å²) in [6.07, 6.45) is -1.56. The van der Waals surface area contributed by atoms with Crippen LogP contribution in [0.1, 0.15) is 5.01 Å². The molecule has 0 fully saturated rings.